The highest BCUT2D eigenvalue weighted by molar-refractivity contribution is 7.10. The van der Waals surface area contributed by atoms with E-state index in [1.54, 1.807) is 18.4 Å². The van der Waals surface area contributed by atoms with E-state index in [0.29, 0.717) is 6.61 Å². The predicted molar refractivity (Wildman–Crippen MR) is 114 cm³/mol. The molecule has 0 radical (unpaired) electrons. The molecule has 6 heteroatoms. The first-order valence-corrected chi connectivity index (χ1v) is 10.6. The largest absolute Gasteiger partial charge is 0.494 e. The summed E-state index contributed by atoms with van der Waals surface area (Å²) in [4.78, 5) is 1.13. The van der Waals surface area contributed by atoms with Gasteiger partial charge in [0.1, 0.15) is 5.75 Å². The summed E-state index contributed by atoms with van der Waals surface area (Å²) in [6, 6.07) is 18.5. The van der Waals surface area contributed by atoms with Crippen LogP contribution >= 0.6 is 11.3 Å². The SMILES string of the molecule is CCOc1ccc(C2=NN3[C@H](C2)c2cccc(OC)c2O[C@H]3c2cccs2)cc1. The zero-order chi connectivity index (χ0) is 19.8. The molecule has 2 aliphatic heterocycles. The number of hydrazone groups is 1. The van der Waals surface area contributed by atoms with Crippen molar-refractivity contribution in [3.05, 3.63) is 76.0 Å². The van der Waals surface area contributed by atoms with Crippen molar-refractivity contribution in [2.45, 2.75) is 25.6 Å². The van der Waals surface area contributed by atoms with Gasteiger partial charge in [0.2, 0.25) is 6.23 Å². The van der Waals surface area contributed by atoms with Crippen molar-refractivity contribution >= 4 is 17.0 Å². The third kappa shape index (κ3) is 3.13. The van der Waals surface area contributed by atoms with Gasteiger partial charge in [-0.1, -0.05) is 18.2 Å². The summed E-state index contributed by atoms with van der Waals surface area (Å²) >= 11 is 1.68. The van der Waals surface area contributed by atoms with Crippen molar-refractivity contribution in [3.8, 4) is 17.2 Å². The monoisotopic (exact) mass is 406 g/mol. The molecule has 0 unspecified atom stereocenters. The molecular formula is C23H22N2O3S. The molecule has 0 N–H and O–H groups in total. The minimum Gasteiger partial charge on any atom is -0.494 e. The fourth-order valence-corrected chi connectivity index (χ4v) is 4.69. The Morgan fingerprint density at radius 2 is 2.00 bits per heavy atom. The van der Waals surface area contributed by atoms with E-state index in [9.17, 15) is 0 Å². The third-order valence-corrected chi connectivity index (χ3v) is 6.19. The second-order valence-corrected chi connectivity index (χ2v) is 7.95. The van der Waals surface area contributed by atoms with Crippen LogP contribution in [0.2, 0.25) is 0 Å². The van der Waals surface area contributed by atoms with Gasteiger partial charge in [-0.15, -0.1) is 11.3 Å². The number of fused-ring (bicyclic) bond motifs is 3. The van der Waals surface area contributed by atoms with Crippen LogP contribution < -0.4 is 14.2 Å². The molecule has 1 aromatic heterocycles. The Hall–Kier alpha value is -2.99. The average molecular weight is 407 g/mol. The second kappa shape index (κ2) is 7.44. The van der Waals surface area contributed by atoms with E-state index in [4.69, 9.17) is 19.3 Å². The Morgan fingerprint density at radius 3 is 2.72 bits per heavy atom. The number of hydrogen-bond acceptors (Lipinski definition) is 6. The van der Waals surface area contributed by atoms with Gasteiger partial charge < -0.3 is 14.2 Å². The Bertz CT molecular complexity index is 1030. The zero-order valence-electron chi connectivity index (χ0n) is 16.4. The number of benzene rings is 2. The van der Waals surface area contributed by atoms with E-state index in [2.05, 4.69) is 34.7 Å². The maximum atomic E-state index is 6.43. The molecule has 148 valence electrons. The van der Waals surface area contributed by atoms with Gasteiger partial charge in [0.15, 0.2) is 11.5 Å². The standard InChI is InChI=1S/C23H22N2O3S/c1-3-27-16-11-9-15(10-12-16)18-14-19-17-6-4-7-20(26-2)22(17)28-23(25(19)24-18)21-8-5-13-29-21/h4-13,19,23H,3,14H2,1-2H3/t19-,23+/m1/s1. The minimum absolute atomic E-state index is 0.113. The van der Waals surface area contributed by atoms with Gasteiger partial charge in [-0.3, -0.25) is 0 Å². The molecule has 0 fully saturated rings. The number of thiophene rings is 1. The van der Waals surface area contributed by atoms with E-state index >= 15 is 0 Å². The molecule has 0 spiro atoms. The third-order valence-electron chi connectivity index (χ3n) is 5.29. The van der Waals surface area contributed by atoms with Crippen LogP contribution in [0, 0.1) is 0 Å². The van der Waals surface area contributed by atoms with Crippen LogP contribution in [-0.2, 0) is 0 Å². The molecule has 3 heterocycles. The molecule has 2 atom stereocenters. The summed E-state index contributed by atoms with van der Waals surface area (Å²) in [6.45, 7) is 2.65. The van der Waals surface area contributed by atoms with Crippen LogP contribution in [0.1, 0.15) is 41.6 Å². The van der Waals surface area contributed by atoms with Crippen LogP contribution in [0.15, 0.2) is 65.1 Å². The van der Waals surface area contributed by atoms with E-state index < -0.39 is 0 Å². The lowest BCUT2D eigenvalue weighted by atomic mass is 9.96. The zero-order valence-corrected chi connectivity index (χ0v) is 17.2. The summed E-state index contributed by atoms with van der Waals surface area (Å²) in [5, 5.41) is 9.16. The first-order valence-electron chi connectivity index (χ1n) is 9.74. The Balaban J connectivity index is 1.54. The highest BCUT2D eigenvalue weighted by Crippen LogP contribution is 2.51. The average Bonchev–Trinajstić information content (AvgIpc) is 3.44. The summed E-state index contributed by atoms with van der Waals surface area (Å²) in [7, 11) is 1.68. The van der Waals surface area contributed by atoms with Gasteiger partial charge in [-0.2, -0.15) is 5.10 Å². The van der Waals surface area contributed by atoms with Gasteiger partial charge in [0.05, 0.1) is 30.3 Å². The summed E-state index contributed by atoms with van der Waals surface area (Å²) < 4.78 is 17.6. The van der Waals surface area contributed by atoms with Crippen LogP contribution in [0.25, 0.3) is 0 Å². The lowest BCUT2D eigenvalue weighted by Crippen LogP contribution is -2.33. The molecule has 0 saturated carbocycles. The quantitative estimate of drug-likeness (QED) is 0.569. The Kier molecular flexibility index (Phi) is 4.64. The lowest BCUT2D eigenvalue weighted by Gasteiger charge is -2.38. The van der Waals surface area contributed by atoms with Crippen molar-refractivity contribution in [3.63, 3.8) is 0 Å². The smallest absolute Gasteiger partial charge is 0.223 e. The van der Waals surface area contributed by atoms with Crippen molar-refractivity contribution in [2.24, 2.45) is 5.10 Å². The van der Waals surface area contributed by atoms with Crippen LogP contribution in [0.4, 0.5) is 0 Å². The van der Waals surface area contributed by atoms with E-state index in [0.717, 1.165) is 45.4 Å². The van der Waals surface area contributed by atoms with Crippen molar-refractivity contribution in [2.75, 3.05) is 13.7 Å². The minimum atomic E-state index is -0.260. The fraction of sp³-hybridized carbons (Fsp3) is 0.261. The number of hydrogen-bond donors (Lipinski definition) is 0. The number of rotatable bonds is 5. The normalized spacial score (nSPS) is 19.8. The number of ether oxygens (including phenoxy) is 3. The number of para-hydroxylation sites is 1. The molecule has 0 aliphatic carbocycles. The Morgan fingerprint density at radius 1 is 1.14 bits per heavy atom. The summed E-state index contributed by atoms with van der Waals surface area (Å²) in [6.07, 6.45) is 0.559. The highest BCUT2D eigenvalue weighted by atomic mass is 32.1. The maximum absolute atomic E-state index is 6.43. The highest BCUT2D eigenvalue weighted by Gasteiger charge is 2.42. The predicted octanol–water partition coefficient (Wildman–Crippen LogP) is 5.40. The van der Waals surface area contributed by atoms with Gasteiger partial charge in [-0.25, -0.2) is 5.01 Å². The fourth-order valence-electron chi connectivity index (χ4n) is 3.95. The van der Waals surface area contributed by atoms with E-state index in [1.165, 1.54) is 0 Å². The molecule has 29 heavy (non-hydrogen) atoms. The van der Waals surface area contributed by atoms with E-state index in [-0.39, 0.29) is 12.3 Å². The molecule has 5 rings (SSSR count). The first kappa shape index (κ1) is 18.1. The topological polar surface area (TPSA) is 43.3 Å². The second-order valence-electron chi connectivity index (χ2n) is 6.97. The molecule has 5 nitrogen and oxygen atoms in total. The summed E-state index contributed by atoms with van der Waals surface area (Å²) in [5.74, 6) is 2.46. The van der Waals surface area contributed by atoms with Crippen molar-refractivity contribution < 1.29 is 14.2 Å². The van der Waals surface area contributed by atoms with Crippen LogP contribution in [0.3, 0.4) is 0 Å². The van der Waals surface area contributed by atoms with Gasteiger partial charge in [-0.05, 0) is 54.3 Å². The van der Waals surface area contributed by atoms with Gasteiger partial charge >= 0.3 is 0 Å². The number of nitrogens with zero attached hydrogens (tertiary/aromatic N) is 2. The van der Waals surface area contributed by atoms with Crippen LogP contribution in [-0.4, -0.2) is 24.4 Å². The molecule has 2 aliphatic rings. The van der Waals surface area contributed by atoms with Crippen molar-refractivity contribution in [1.82, 2.24) is 5.01 Å². The molecule has 3 aromatic rings. The lowest BCUT2D eigenvalue weighted by molar-refractivity contribution is -0.0184. The first-order chi connectivity index (χ1) is 14.3. The molecule has 0 amide bonds. The van der Waals surface area contributed by atoms with Gasteiger partial charge in [0.25, 0.3) is 0 Å². The molecular weight excluding hydrogens is 384 g/mol. The van der Waals surface area contributed by atoms with E-state index in [1.807, 2.05) is 37.3 Å². The number of methoxy groups -OCH3 is 1. The molecule has 0 saturated heterocycles. The molecule has 2 aromatic carbocycles. The van der Waals surface area contributed by atoms with Crippen molar-refractivity contribution in [1.29, 1.82) is 0 Å². The van der Waals surface area contributed by atoms with Gasteiger partial charge in [0, 0.05) is 12.0 Å². The Labute approximate surface area is 174 Å². The maximum Gasteiger partial charge on any atom is 0.223 e. The summed E-state index contributed by atoms with van der Waals surface area (Å²) in [5.41, 5.74) is 3.28. The molecule has 0 bridgehead atoms. The van der Waals surface area contributed by atoms with Crippen LogP contribution in [0.5, 0.6) is 17.2 Å².